The van der Waals surface area contributed by atoms with Crippen LogP contribution in [0, 0.1) is 0 Å². The second kappa shape index (κ2) is 3.92. The number of nitrogens with zero attached hydrogens (tertiary/aromatic N) is 2. The zero-order valence-electron chi connectivity index (χ0n) is 6.37. The third-order valence-electron chi connectivity index (χ3n) is 1.23. The lowest BCUT2D eigenvalue weighted by atomic mass is 10.3. The van der Waals surface area contributed by atoms with Crippen LogP contribution in [0.1, 0.15) is 5.56 Å². The normalized spacial score (nSPS) is 9.42. The first-order valence-electron chi connectivity index (χ1n) is 3.34. The van der Waals surface area contributed by atoms with E-state index < -0.39 is 0 Å². The maximum absolute atomic E-state index is 5.58. The molecule has 0 atom stereocenters. The summed E-state index contributed by atoms with van der Waals surface area (Å²) in [6, 6.07) is 3.51. The number of aromatic nitrogens is 1. The molecule has 0 radical (unpaired) electrons. The molecule has 1 aromatic rings. The van der Waals surface area contributed by atoms with Gasteiger partial charge in [-0.25, -0.2) is 9.98 Å². The summed E-state index contributed by atoms with van der Waals surface area (Å²) in [6.45, 7) is 0.437. The summed E-state index contributed by atoms with van der Waals surface area (Å²) in [5.41, 5.74) is 11.2. The first-order chi connectivity index (χ1) is 5.68. The molecule has 5 heteroatoms. The molecule has 1 aromatic heterocycles. The topological polar surface area (TPSA) is 77.3 Å². The van der Waals surface area contributed by atoms with Crippen LogP contribution in [0.4, 0.5) is 0 Å². The Morgan fingerprint density at radius 3 is 2.75 bits per heavy atom. The van der Waals surface area contributed by atoms with Crippen LogP contribution in [-0.2, 0) is 6.54 Å². The number of hydrogen-bond donors (Lipinski definition) is 2. The molecule has 1 heterocycles. The molecule has 0 aliphatic heterocycles. The molecule has 0 aliphatic rings. The highest BCUT2D eigenvalue weighted by molar-refractivity contribution is 6.29. The lowest BCUT2D eigenvalue weighted by Gasteiger charge is -1.95. The van der Waals surface area contributed by atoms with Crippen molar-refractivity contribution in [2.24, 2.45) is 16.5 Å². The van der Waals surface area contributed by atoms with Crippen molar-refractivity contribution in [2.75, 3.05) is 0 Å². The molecule has 4 N–H and O–H groups in total. The number of guanidine groups is 1. The van der Waals surface area contributed by atoms with Crippen molar-refractivity contribution in [1.29, 1.82) is 0 Å². The summed E-state index contributed by atoms with van der Waals surface area (Å²) in [7, 11) is 0. The highest BCUT2D eigenvalue weighted by atomic mass is 35.5. The maximum Gasteiger partial charge on any atom is 0.186 e. The van der Waals surface area contributed by atoms with Crippen molar-refractivity contribution in [3.8, 4) is 0 Å². The second-order valence-corrected chi connectivity index (χ2v) is 2.62. The standard InChI is InChI=1S/C7H9ClN4/c8-6-2-1-5(3-11-6)4-12-7(9)10/h1-3H,4H2,(H4,9,10,12). The summed E-state index contributed by atoms with van der Waals surface area (Å²) in [5, 5.41) is 0.462. The van der Waals surface area contributed by atoms with E-state index in [1.807, 2.05) is 6.07 Å². The average molecular weight is 185 g/mol. The summed E-state index contributed by atoms with van der Waals surface area (Å²) in [6.07, 6.45) is 1.63. The molecule has 1 rings (SSSR count). The van der Waals surface area contributed by atoms with Gasteiger partial charge in [0.2, 0.25) is 0 Å². The van der Waals surface area contributed by atoms with Gasteiger partial charge in [-0.05, 0) is 11.6 Å². The fraction of sp³-hybridized carbons (Fsp3) is 0.143. The SMILES string of the molecule is NC(N)=NCc1ccc(Cl)nc1. The molecular weight excluding hydrogens is 176 g/mol. The van der Waals surface area contributed by atoms with Crippen LogP contribution in [0.25, 0.3) is 0 Å². The van der Waals surface area contributed by atoms with Gasteiger partial charge in [0.05, 0.1) is 6.54 Å². The predicted octanol–water partition coefficient (Wildman–Crippen LogP) is 0.508. The Hall–Kier alpha value is -1.29. The Kier molecular flexibility index (Phi) is 2.88. The molecule has 0 amide bonds. The van der Waals surface area contributed by atoms with Gasteiger partial charge in [-0.1, -0.05) is 17.7 Å². The maximum atomic E-state index is 5.58. The summed E-state index contributed by atoms with van der Waals surface area (Å²) in [5.74, 6) is 0.0740. The first-order valence-corrected chi connectivity index (χ1v) is 3.72. The van der Waals surface area contributed by atoms with Gasteiger partial charge in [-0.15, -0.1) is 0 Å². The van der Waals surface area contributed by atoms with Crippen molar-refractivity contribution in [1.82, 2.24) is 4.98 Å². The van der Waals surface area contributed by atoms with E-state index in [4.69, 9.17) is 23.1 Å². The van der Waals surface area contributed by atoms with Crippen LogP contribution in [0.5, 0.6) is 0 Å². The van der Waals surface area contributed by atoms with Crippen LogP contribution in [-0.4, -0.2) is 10.9 Å². The number of nitrogens with two attached hydrogens (primary N) is 2. The van der Waals surface area contributed by atoms with Crippen LogP contribution >= 0.6 is 11.6 Å². The Bertz CT molecular complexity index is 276. The Morgan fingerprint density at radius 2 is 2.25 bits per heavy atom. The Balaban J connectivity index is 2.65. The molecule has 0 aromatic carbocycles. The largest absolute Gasteiger partial charge is 0.370 e. The quantitative estimate of drug-likeness (QED) is 0.399. The number of pyridine rings is 1. The van der Waals surface area contributed by atoms with Gasteiger partial charge in [0.1, 0.15) is 5.15 Å². The smallest absolute Gasteiger partial charge is 0.186 e. The number of halogens is 1. The van der Waals surface area contributed by atoms with E-state index in [1.165, 1.54) is 0 Å². The van der Waals surface area contributed by atoms with Crippen molar-refractivity contribution < 1.29 is 0 Å². The molecule has 0 fully saturated rings. The molecule has 0 saturated heterocycles. The molecule has 0 aliphatic carbocycles. The van der Waals surface area contributed by atoms with Crippen molar-refractivity contribution in [3.63, 3.8) is 0 Å². The van der Waals surface area contributed by atoms with Crippen molar-refractivity contribution in [2.45, 2.75) is 6.54 Å². The summed E-state index contributed by atoms with van der Waals surface area (Å²) >= 11 is 5.58. The van der Waals surface area contributed by atoms with Crippen molar-refractivity contribution >= 4 is 17.6 Å². The van der Waals surface area contributed by atoms with E-state index in [2.05, 4.69) is 9.98 Å². The fourth-order valence-electron chi connectivity index (χ4n) is 0.683. The van der Waals surface area contributed by atoms with E-state index in [0.29, 0.717) is 11.7 Å². The van der Waals surface area contributed by atoms with Crippen LogP contribution < -0.4 is 11.5 Å². The van der Waals surface area contributed by atoms with Gasteiger partial charge in [-0.2, -0.15) is 0 Å². The minimum atomic E-state index is 0.0740. The van der Waals surface area contributed by atoms with E-state index in [1.54, 1.807) is 12.3 Å². The van der Waals surface area contributed by atoms with Crippen LogP contribution in [0.15, 0.2) is 23.3 Å². The van der Waals surface area contributed by atoms with Crippen molar-refractivity contribution in [3.05, 3.63) is 29.0 Å². The first kappa shape index (κ1) is 8.80. The highest BCUT2D eigenvalue weighted by Crippen LogP contribution is 2.05. The van der Waals surface area contributed by atoms with Gasteiger partial charge >= 0.3 is 0 Å². The lowest BCUT2D eigenvalue weighted by molar-refractivity contribution is 1.03. The average Bonchev–Trinajstić information content (AvgIpc) is 2.03. The fourth-order valence-corrected chi connectivity index (χ4v) is 0.794. The minimum Gasteiger partial charge on any atom is -0.370 e. The predicted molar refractivity (Wildman–Crippen MR) is 48.8 cm³/mol. The third-order valence-corrected chi connectivity index (χ3v) is 1.46. The monoisotopic (exact) mass is 184 g/mol. The molecule has 0 saturated carbocycles. The molecule has 0 bridgehead atoms. The molecule has 0 spiro atoms. The number of aliphatic imine (C=N–C) groups is 1. The molecule has 12 heavy (non-hydrogen) atoms. The lowest BCUT2D eigenvalue weighted by Crippen LogP contribution is -2.22. The summed E-state index contributed by atoms with van der Waals surface area (Å²) in [4.78, 5) is 7.69. The molecule has 0 unspecified atom stereocenters. The number of rotatable bonds is 2. The van der Waals surface area contributed by atoms with Crippen LogP contribution in [0.2, 0.25) is 5.15 Å². The van der Waals surface area contributed by atoms with Gasteiger partial charge in [0.25, 0.3) is 0 Å². The minimum absolute atomic E-state index is 0.0740. The summed E-state index contributed by atoms with van der Waals surface area (Å²) < 4.78 is 0. The zero-order chi connectivity index (χ0) is 8.97. The highest BCUT2D eigenvalue weighted by Gasteiger charge is 1.91. The van der Waals surface area contributed by atoms with E-state index in [-0.39, 0.29) is 5.96 Å². The van der Waals surface area contributed by atoms with Gasteiger partial charge in [0.15, 0.2) is 5.96 Å². The van der Waals surface area contributed by atoms with Gasteiger partial charge < -0.3 is 11.5 Å². The third kappa shape index (κ3) is 2.75. The zero-order valence-corrected chi connectivity index (χ0v) is 7.12. The second-order valence-electron chi connectivity index (χ2n) is 2.23. The molecule has 4 nitrogen and oxygen atoms in total. The molecule has 64 valence electrons. The van der Waals surface area contributed by atoms with Gasteiger partial charge in [-0.3, -0.25) is 0 Å². The molecular formula is C7H9ClN4. The van der Waals surface area contributed by atoms with E-state index in [9.17, 15) is 0 Å². The van der Waals surface area contributed by atoms with E-state index in [0.717, 1.165) is 5.56 Å². The van der Waals surface area contributed by atoms with Gasteiger partial charge in [0, 0.05) is 6.20 Å². The van der Waals surface area contributed by atoms with Crippen LogP contribution in [0.3, 0.4) is 0 Å². The number of hydrogen-bond acceptors (Lipinski definition) is 2. The van der Waals surface area contributed by atoms with E-state index >= 15 is 0 Å². The Labute approximate surface area is 75.3 Å². The Morgan fingerprint density at radius 1 is 1.50 bits per heavy atom.